The number of para-hydroxylation sites is 1. The molecule has 2 rings (SSSR count). The van der Waals surface area contributed by atoms with Crippen molar-refractivity contribution in [3.8, 4) is 0 Å². The summed E-state index contributed by atoms with van der Waals surface area (Å²) in [4.78, 5) is 52.0. The van der Waals surface area contributed by atoms with Crippen LogP contribution in [0.5, 0.6) is 0 Å². The number of amides is 3. The van der Waals surface area contributed by atoms with E-state index in [4.69, 9.17) is 10.8 Å². The first-order chi connectivity index (χ1) is 15.5. The predicted molar refractivity (Wildman–Crippen MR) is 125 cm³/mol. The molecular formula is C21H29N5O6S. The fraction of sp³-hybridized carbons (Fsp3) is 0.429. The topological polar surface area (TPSA) is 187 Å². The Balaban J connectivity index is 2.26. The van der Waals surface area contributed by atoms with E-state index in [1.54, 1.807) is 6.20 Å². The lowest BCUT2D eigenvalue weighted by molar-refractivity contribution is -0.142. The fourth-order valence-electron chi connectivity index (χ4n) is 3.12. The highest BCUT2D eigenvalue weighted by Crippen LogP contribution is 2.19. The summed E-state index contributed by atoms with van der Waals surface area (Å²) in [7, 11) is 0. The highest BCUT2D eigenvalue weighted by molar-refractivity contribution is 7.80. The Morgan fingerprint density at radius 2 is 1.73 bits per heavy atom. The van der Waals surface area contributed by atoms with Crippen LogP contribution in [0.25, 0.3) is 10.9 Å². The smallest absolute Gasteiger partial charge is 0.325 e. The van der Waals surface area contributed by atoms with Gasteiger partial charge in [-0.3, -0.25) is 19.2 Å². The molecule has 0 saturated heterocycles. The van der Waals surface area contributed by atoms with Gasteiger partial charge in [0.25, 0.3) is 0 Å². The Hall–Kier alpha value is -3.09. The highest BCUT2D eigenvalue weighted by atomic mass is 32.1. The number of carboxylic acids is 1. The molecule has 0 aliphatic heterocycles. The molecule has 5 atom stereocenters. The first-order valence-corrected chi connectivity index (χ1v) is 10.9. The number of hydrogen-bond donors (Lipinski definition) is 8. The molecule has 180 valence electrons. The minimum Gasteiger partial charge on any atom is -0.480 e. The fourth-order valence-corrected chi connectivity index (χ4v) is 3.28. The molecule has 8 N–H and O–H groups in total. The highest BCUT2D eigenvalue weighted by Gasteiger charge is 2.32. The number of aromatic amines is 1. The van der Waals surface area contributed by atoms with Gasteiger partial charge in [-0.15, -0.1) is 0 Å². The molecule has 1 heterocycles. The number of aliphatic hydroxyl groups is 1. The van der Waals surface area contributed by atoms with Gasteiger partial charge in [0.1, 0.15) is 18.1 Å². The average molecular weight is 480 g/mol. The summed E-state index contributed by atoms with van der Waals surface area (Å²) in [6.07, 6.45) is 0.447. The lowest BCUT2D eigenvalue weighted by Gasteiger charge is -2.26. The van der Waals surface area contributed by atoms with Crippen molar-refractivity contribution in [3.63, 3.8) is 0 Å². The van der Waals surface area contributed by atoms with E-state index in [-0.39, 0.29) is 12.2 Å². The van der Waals surface area contributed by atoms with Gasteiger partial charge in [-0.2, -0.15) is 12.6 Å². The lowest BCUT2D eigenvalue weighted by Crippen LogP contribution is -2.60. The first-order valence-electron chi connectivity index (χ1n) is 10.3. The summed E-state index contributed by atoms with van der Waals surface area (Å²) in [6, 6.07) is 2.64. The van der Waals surface area contributed by atoms with Crippen LogP contribution in [0.2, 0.25) is 0 Å². The quantitative estimate of drug-likeness (QED) is 0.188. The number of H-pyrrole nitrogens is 1. The van der Waals surface area contributed by atoms with E-state index >= 15 is 0 Å². The van der Waals surface area contributed by atoms with Crippen molar-refractivity contribution in [1.29, 1.82) is 0 Å². The molecule has 1 aromatic heterocycles. The Morgan fingerprint density at radius 3 is 2.33 bits per heavy atom. The Kier molecular flexibility index (Phi) is 9.26. The number of aliphatic hydroxyl groups excluding tert-OH is 1. The van der Waals surface area contributed by atoms with Crippen LogP contribution >= 0.6 is 12.6 Å². The molecule has 33 heavy (non-hydrogen) atoms. The molecule has 11 nitrogen and oxygen atoms in total. The van der Waals surface area contributed by atoms with Crippen molar-refractivity contribution in [2.24, 2.45) is 5.73 Å². The second kappa shape index (κ2) is 11.7. The van der Waals surface area contributed by atoms with Crippen LogP contribution in [-0.4, -0.2) is 74.9 Å². The van der Waals surface area contributed by atoms with E-state index in [1.807, 2.05) is 24.3 Å². The second-order valence-corrected chi connectivity index (χ2v) is 8.07. The maximum atomic E-state index is 13.1. The van der Waals surface area contributed by atoms with Crippen molar-refractivity contribution >= 4 is 47.2 Å². The number of aromatic nitrogens is 1. The number of carboxylic acid groups (broad SMARTS) is 1. The SMILES string of the molecule is CC(NC(=O)C(NC(=O)C(Cc1c[nH]c2ccccc12)NC(=O)C(N)CS)C(C)O)C(=O)O. The van der Waals surface area contributed by atoms with Crippen LogP contribution in [0, 0.1) is 0 Å². The molecule has 1 aromatic carbocycles. The third kappa shape index (κ3) is 6.94. The number of rotatable bonds is 11. The molecule has 0 aliphatic rings. The predicted octanol–water partition coefficient (Wildman–Crippen LogP) is -1.09. The molecule has 0 spiro atoms. The molecule has 0 radical (unpaired) electrons. The van der Waals surface area contributed by atoms with Crippen molar-refractivity contribution in [2.75, 3.05) is 5.75 Å². The van der Waals surface area contributed by atoms with E-state index in [1.165, 1.54) is 13.8 Å². The number of fused-ring (bicyclic) bond motifs is 1. The van der Waals surface area contributed by atoms with Gasteiger partial charge in [0.2, 0.25) is 17.7 Å². The minimum absolute atomic E-state index is 0.0546. The third-order valence-corrected chi connectivity index (χ3v) is 5.45. The standard InChI is InChI=1S/C21H29N5O6S/c1-10(21(31)32)24-20(30)17(11(2)27)26-19(29)16(25-18(28)14(22)9-33)7-12-8-23-15-6-4-3-5-13(12)15/h3-6,8,10-11,14,16-17,23,27,33H,7,9,22H2,1-2H3,(H,24,30)(H,25,28)(H,26,29)(H,31,32). The number of carbonyl (C=O) groups is 4. The summed E-state index contributed by atoms with van der Waals surface area (Å²) in [5.74, 6) is -3.45. The Morgan fingerprint density at radius 1 is 1.06 bits per heavy atom. The third-order valence-electron chi connectivity index (χ3n) is 5.06. The van der Waals surface area contributed by atoms with Gasteiger partial charge in [-0.05, 0) is 25.5 Å². The number of nitrogens with two attached hydrogens (primary N) is 1. The largest absolute Gasteiger partial charge is 0.480 e. The van der Waals surface area contributed by atoms with Gasteiger partial charge in [0, 0.05) is 29.3 Å². The van der Waals surface area contributed by atoms with Gasteiger partial charge >= 0.3 is 5.97 Å². The van der Waals surface area contributed by atoms with Crippen LogP contribution in [0.1, 0.15) is 19.4 Å². The number of nitrogens with one attached hydrogen (secondary N) is 4. The molecule has 2 aromatic rings. The minimum atomic E-state index is -1.44. The van der Waals surface area contributed by atoms with Crippen LogP contribution in [0.4, 0.5) is 0 Å². The number of hydrogen-bond acceptors (Lipinski definition) is 7. The van der Waals surface area contributed by atoms with Crippen LogP contribution < -0.4 is 21.7 Å². The lowest BCUT2D eigenvalue weighted by atomic mass is 10.0. The van der Waals surface area contributed by atoms with Gasteiger partial charge in [-0.1, -0.05) is 18.2 Å². The molecule has 12 heteroatoms. The van der Waals surface area contributed by atoms with Gasteiger partial charge in [0.05, 0.1) is 12.1 Å². The van der Waals surface area contributed by atoms with Gasteiger partial charge in [0.15, 0.2) is 0 Å². The molecule has 3 amide bonds. The van der Waals surface area contributed by atoms with Crippen molar-refractivity contribution in [2.45, 2.75) is 50.5 Å². The zero-order chi connectivity index (χ0) is 24.7. The molecular weight excluding hydrogens is 450 g/mol. The second-order valence-electron chi connectivity index (χ2n) is 7.71. The monoisotopic (exact) mass is 479 g/mol. The van der Waals surface area contributed by atoms with Crippen LogP contribution in [-0.2, 0) is 25.6 Å². The van der Waals surface area contributed by atoms with Crippen molar-refractivity contribution < 1.29 is 29.4 Å². The summed E-state index contributed by atoms with van der Waals surface area (Å²) in [5.41, 5.74) is 7.30. The van der Waals surface area contributed by atoms with E-state index in [9.17, 15) is 24.3 Å². The van der Waals surface area contributed by atoms with Gasteiger partial charge in [-0.25, -0.2) is 0 Å². The maximum absolute atomic E-state index is 13.1. The van der Waals surface area contributed by atoms with E-state index in [2.05, 4.69) is 33.6 Å². The summed E-state index contributed by atoms with van der Waals surface area (Å²) < 4.78 is 0. The molecule has 0 bridgehead atoms. The van der Waals surface area contributed by atoms with E-state index < -0.39 is 54.0 Å². The van der Waals surface area contributed by atoms with E-state index in [0.29, 0.717) is 0 Å². The average Bonchev–Trinajstić information content (AvgIpc) is 3.18. The van der Waals surface area contributed by atoms with Crippen LogP contribution in [0.3, 0.4) is 0 Å². The molecule has 0 fully saturated rings. The number of aliphatic carboxylic acids is 1. The number of thiol groups is 1. The zero-order valence-electron chi connectivity index (χ0n) is 18.2. The molecule has 0 saturated carbocycles. The summed E-state index contributed by atoms with van der Waals surface area (Å²) >= 11 is 4.00. The van der Waals surface area contributed by atoms with Crippen LogP contribution in [0.15, 0.2) is 30.5 Å². The van der Waals surface area contributed by atoms with E-state index in [0.717, 1.165) is 16.5 Å². The Labute approximate surface area is 195 Å². The maximum Gasteiger partial charge on any atom is 0.325 e. The molecule has 5 unspecified atom stereocenters. The van der Waals surface area contributed by atoms with Crippen molar-refractivity contribution in [1.82, 2.24) is 20.9 Å². The summed E-state index contributed by atoms with van der Waals surface area (Å²) in [6.45, 7) is 2.53. The summed E-state index contributed by atoms with van der Waals surface area (Å²) in [5, 5.41) is 27.0. The van der Waals surface area contributed by atoms with Gasteiger partial charge < -0.3 is 36.9 Å². The number of benzene rings is 1. The Bertz CT molecular complexity index is 1010. The molecule has 0 aliphatic carbocycles. The number of carbonyl (C=O) groups excluding carboxylic acids is 3. The van der Waals surface area contributed by atoms with Crippen molar-refractivity contribution in [3.05, 3.63) is 36.0 Å². The zero-order valence-corrected chi connectivity index (χ0v) is 19.1. The first kappa shape index (κ1) is 26.2. The normalized spacial score (nSPS) is 15.7.